The summed E-state index contributed by atoms with van der Waals surface area (Å²) in [5.41, 5.74) is -1.61. The Hall–Kier alpha value is -3.97. The van der Waals surface area contributed by atoms with Crippen LogP contribution in [0.4, 0.5) is 17.5 Å². The number of hydrogen-bond donors (Lipinski definition) is 6. The fourth-order valence-electron chi connectivity index (χ4n) is 20.5. The molecule has 702 valence electrons. The Labute approximate surface area is 747 Å². The second-order valence-electron chi connectivity index (χ2n) is 36.9. The minimum absolute atomic E-state index is 0. The lowest BCUT2D eigenvalue weighted by Gasteiger charge is -2.36. The van der Waals surface area contributed by atoms with E-state index in [0.29, 0.717) is 49.9 Å². The Kier molecular flexibility index (Phi) is 39.0. The molecule has 10 saturated heterocycles. The van der Waals surface area contributed by atoms with Gasteiger partial charge in [-0.05, 0) is 178 Å². The fraction of sp³-hybridized carbons (Fsp3) is 0.833. The van der Waals surface area contributed by atoms with E-state index in [1.54, 1.807) is 72.1 Å². The summed E-state index contributed by atoms with van der Waals surface area (Å²) in [5, 5.41) is 31.5. The zero-order valence-corrected chi connectivity index (χ0v) is 78.4. The van der Waals surface area contributed by atoms with Gasteiger partial charge >= 0.3 is 17.1 Å². The van der Waals surface area contributed by atoms with Gasteiger partial charge in [-0.3, -0.25) is 28.1 Å². The number of nitrogens with zero attached hydrogens (tertiary/aromatic N) is 10. The van der Waals surface area contributed by atoms with Crippen LogP contribution in [0.5, 0.6) is 0 Å². The van der Waals surface area contributed by atoms with Crippen LogP contribution in [0.15, 0.2) is 51.2 Å². The molecular formula is C90H154ClN14O16P3. The minimum atomic E-state index is -1.12. The van der Waals surface area contributed by atoms with Gasteiger partial charge in [0, 0.05) is 99.4 Å². The zero-order chi connectivity index (χ0) is 87.0. The maximum Gasteiger partial charge on any atom is 0.351 e. The first-order valence-corrected chi connectivity index (χ1v) is 51.4. The van der Waals surface area contributed by atoms with E-state index < -0.39 is 66.6 Å². The number of ether oxygens (including phenoxy) is 3. The van der Waals surface area contributed by atoms with Crippen LogP contribution in [-0.2, 0) is 51.2 Å². The Morgan fingerprint density at radius 1 is 0.492 bits per heavy atom. The summed E-state index contributed by atoms with van der Waals surface area (Å²) < 4.78 is 62.9. The van der Waals surface area contributed by atoms with Crippen LogP contribution in [0, 0.1) is 17.8 Å². The van der Waals surface area contributed by atoms with Crippen molar-refractivity contribution >= 4 is 71.1 Å². The number of fused-ring (bicyclic) bond motifs is 6. The Morgan fingerprint density at radius 3 is 1.16 bits per heavy atom. The summed E-state index contributed by atoms with van der Waals surface area (Å²) in [5.74, 6) is -0.349. The van der Waals surface area contributed by atoms with E-state index >= 15 is 0 Å². The van der Waals surface area contributed by atoms with Crippen molar-refractivity contribution in [3.63, 3.8) is 0 Å². The van der Waals surface area contributed by atoms with Crippen molar-refractivity contribution < 1.29 is 61.4 Å². The van der Waals surface area contributed by atoms with Gasteiger partial charge in [-0.25, -0.2) is 28.4 Å². The Balaban J connectivity index is 0.000000166. The van der Waals surface area contributed by atoms with Gasteiger partial charge in [0.25, 0.3) is 17.1 Å². The third-order valence-electron chi connectivity index (χ3n) is 27.7. The minimum Gasteiger partial charge on any atom is -0.390 e. The summed E-state index contributed by atoms with van der Waals surface area (Å²) in [4.78, 5) is 87.2. The van der Waals surface area contributed by atoms with Crippen molar-refractivity contribution in [3.05, 3.63) is 68.2 Å². The SMILES string of the molecule is C.C.CCN(CC)CC.CC[C@H]1O[C@@H](n2ccc(NC(=O)C(C)C)nc2=O)CC1O.CC[C@H]1O[C@@H](n2ccc(NC(=O)C(C)C)nc2=O)CC1OP1OC2(CCCC2)[C@@H]2CCCCN21.CC[C@H]1O[C@@H](n2ccc(NC(=O)C(C)C)nc2=O)CC1O[P@]1OC2(CCCC2)[C@@H]2CCCCN21.ClP1OC2(CCCC2)[C@@H]2CCCCN21.OC1([C@@H]2CCCCN2)CCCC1. The fourth-order valence-corrected chi connectivity index (χ4v) is 27.4. The van der Waals surface area contributed by atoms with Gasteiger partial charge in [-0.15, -0.1) is 0 Å². The van der Waals surface area contributed by atoms with E-state index in [1.807, 2.05) is 6.92 Å². The predicted octanol–water partition coefficient (Wildman–Crippen LogP) is 17.3. The molecule has 10 aliphatic heterocycles. The number of amides is 3. The molecule has 13 heterocycles. The zero-order valence-electron chi connectivity index (χ0n) is 75.0. The number of carbonyl (C=O) groups excluding carboxylic acids is 3. The maximum absolute atomic E-state index is 12.7. The van der Waals surface area contributed by atoms with Crippen molar-refractivity contribution in [1.29, 1.82) is 0 Å². The Bertz CT molecular complexity index is 3850. The predicted molar refractivity (Wildman–Crippen MR) is 491 cm³/mol. The summed E-state index contributed by atoms with van der Waals surface area (Å²) in [7, 11) is -3.02. The molecule has 3 aromatic heterocycles. The van der Waals surface area contributed by atoms with Crippen LogP contribution in [0.1, 0.15) is 335 Å². The van der Waals surface area contributed by atoms with E-state index in [0.717, 1.165) is 71.0 Å². The molecule has 3 aromatic rings. The van der Waals surface area contributed by atoms with Gasteiger partial charge in [0.1, 0.15) is 36.1 Å². The molecule has 30 nitrogen and oxygen atoms in total. The molecule has 3 spiro atoms. The van der Waals surface area contributed by atoms with Crippen molar-refractivity contribution in [2.24, 2.45) is 17.8 Å². The molecule has 0 bridgehead atoms. The van der Waals surface area contributed by atoms with Crippen LogP contribution in [-0.4, -0.2) is 205 Å². The van der Waals surface area contributed by atoms with Gasteiger partial charge in [-0.1, -0.05) is 175 Å². The molecular weight excluding hydrogens is 1660 g/mol. The first kappa shape index (κ1) is 102. The summed E-state index contributed by atoms with van der Waals surface area (Å²) in [6.45, 7) is 31.3. The van der Waals surface area contributed by atoms with Crippen molar-refractivity contribution in [2.45, 2.75) is 418 Å². The molecule has 0 aromatic carbocycles. The van der Waals surface area contributed by atoms with Gasteiger partial charge < -0.3 is 73.2 Å². The third kappa shape index (κ3) is 24.9. The van der Waals surface area contributed by atoms with Crippen LogP contribution < -0.4 is 38.3 Å². The number of anilines is 3. The van der Waals surface area contributed by atoms with Crippen molar-refractivity contribution in [2.75, 3.05) is 61.8 Å². The topological polar surface area (TPSA) is 331 Å². The molecule has 34 heteroatoms. The van der Waals surface area contributed by atoms with Gasteiger partial charge in [0.2, 0.25) is 25.4 Å². The average molecular weight is 1820 g/mol. The number of aliphatic hydroxyl groups is 2. The smallest absolute Gasteiger partial charge is 0.351 e. The maximum atomic E-state index is 12.7. The molecule has 14 fully saturated rings. The molecule has 14 aliphatic rings. The van der Waals surface area contributed by atoms with Crippen LogP contribution in [0.25, 0.3) is 0 Å². The first-order valence-electron chi connectivity index (χ1n) is 47.0. The molecule has 17 rings (SSSR count). The number of carbonyl (C=O) groups is 3. The summed E-state index contributed by atoms with van der Waals surface area (Å²) >= 11 is 6.32. The number of piperidine rings is 4. The molecule has 6 N–H and O–H groups in total. The van der Waals surface area contributed by atoms with E-state index in [1.165, 1.54) is 187 Å². The molecule has 124 heavy (non-hydrogen) atoms. The molecule has 0 radical (unpaired) electrons. The largest absolute Gasteiger partial charge is 0.390 e. The average Bonchev–Trinajstić information content (AvgIpc) is 1.61. The van der Waals surface area contributed by atoms with Gasteiger partial charge in [-0.2, -0.15) is 15.0 Å². The van der Waals surface area contributed by atoms with Crippen molar-refractivity contribution in [3.8, 4) is 0 Å². The lowest BCUT2D eigenvalue weighted by molar-refractivity contribution is -0.119. The normalized spacial score (nSPS) is 31.1. The Morgan fingerprint density at radius 2 is 0.831 bits per heavy atom. The van der Waals surface area contributed by atoms with E-state index in [-0.39, 0.29) is 121 Å². The summed E-state index contributed by atoms with van der Waals surface area (Å²) in [6, 6.07) is 6.86. The number of halogens is 1. The number of nitrogens with one attached hydrogen (secondary N) is 4. The van der Waals surface area contributed by atoms with Crippen LogP contribution in [0.2, 0.25) is 0 Å². The second-order valence-corrected chi connectivity index (χ2v) is 41.6. The number of aliphatic hydroxyl groups excluding tert-OH is 1. The monoisotopic (exact) mass is 1820 g/mol. The molecule has 4 aliphatic carbocycles. The lowest BCUT2D eigenvalue weighted by atomic mass is 9.86. The number of aromatic nitrogens is 6. The quantitative estimate of drug-likeness (QED) is 0.0572. The molecule has 16 atom stereocenters. The summed E-state index contributed by atoms with van der Waals surface area (Å²) in [6.07, 6.45) is 40.1. The number of hydrogen-bond acceptors (Lipinski definition) is 24. The van der Waals surface area contributed by atoms with Crippen LogP contribution >= 0.6 is 35.9 Å². The van der Waals surface area contributed by atoms with Gasteiger partial charge in [0.05, 0.1) is 59.0 Å². The third-order valence-corrected chi connectivity index (χ3v) is 33.7. The molecule has 4 saturated carbocycles. The standard InChI is InChI=1S/2C24H37N4O5P.C14H21N3O4.C10H17ClNOP.C10H19NO.C6H15N.2CH4/c2*1-4-17-18(32-34-28-13-8-5-9-19(28)24(33-34)11-6-7-12-24)15-21(31-17)27-14-10-20(26-23(27)30)25-22(29)16(2)3;1-4-10-9(18)7-12(21-10)17-6-5-11(16-14(17)20)15-13(19)8(2)3;11-14-12-8-4-1-5-9(12)10(13-14)6-2-3-7-10;12-10(6-2-3-7-10)9-5-1-4-8-11-9;1-4-7(5-2)6-3;;/h2*10,14,16-19,21H,4-9,11-13,15H2,1-3H3,(H,25,26,29,30);5-6,8-10,12,18H,4,7H2,1-3H3,(H,15,16,19,20);9H,1-8H2;9,11-12H,1-8H2;4-6H2,1-3H3;2*1H4/t17-,18?,19+,21-,34?;17-,18?,19+,21-,34-;9?,10-,12-;9-,14?;9-;;;/m11100.../s1. The lowest BCUT2D eigenvalue weighted by Crippen LogP contribution is -2.51. The highest BCUT2D eigenvalue weighted by atomic mass is 35.7. The molecule has 3 amide bonds. The van der Waals surface area contributed by atoms with E-state index in [9.17, 15) is 39.0 Å². The van der Waals surface area contributed by atoms with Gasteiger partial charge in [0.15, 0.2) is 0 Å². The first-order chi connectivity index (χ1) is 58.7. The van der Waals surface area contributed by atoms with Crippen molar-refractivity contribution in [1.82, 2.24) is 52.9 Å². The van der Waals surface area contributed by atoms with E-state index in [2.05, 4.69) is 89.7 Å². The highest BCUT2D eigenvalue weighted by Crippen LogP contribution is 2.67. The van der Waals surface area contributed by atoms with Crippen LogP contribution in [0.3, 0.4) is 0 Å². The highest BCUT2D eigenvalue weighted by Gasteiger charge is 2.60. The number of rotatable bonds is 20. The second kappa shape index (κ2) is 47.4. The molecule has 5 unspecified atom stereocenters. The highest BCUT2D eigenvalue weighted by molar-refractivity contribution is 7.78. The van der Waals surface area contributed by atoms with E-state index in [4.69, 9.17) is 48.1 Å².